The standard InChI is InChI=1S/C16H16Cl3NO/c1-11(21-16-7-6-13(17)8-15(16)19)9-20-10-12-4-2-3-5-14(12)18/h2-8,11,20H,9-10H2,1H3/t11-/m1/s1. The summed E-state index contributed by atoms with van der Waals surface area (Å²) in [5.74, 6) is 0.633. The van der Waals surface area contributed by atoms with Crippen molar-refractivity contribution in [2.24, 2.45) is 0 Å². The lowest BCUT2D eigenvalue weighted by molar-refractivity contribution is 0.217. The molecule has 2 aromatic rings. The molecule has 0 aliphatic rings. The van der Waals surface area contributed by atoms with Crippen LogP contribution in [0.5, 0.6) is 5.75 Å². The van der Waals surface area contributed by atoms with Gasteiger partial charge in [-0.1, -0.05) is 53.0 Å². The van der Waals surface area contributed by atoms with Crippen molar-refractivity contribution in [3.63, 3.8) is 0 Å². The summed E-state index contributed by atoms with van der Waals surface area (Å²) in [4.78, 5) is 0. The average Bonchev–Trinajstić information content (AvgIpc) is 2.44. The molecule has 2 aromatic carbocycles. The third-order valence-electron chi connectivity index (χ3n) is 2.93. The molecule has 0 radical (unpaired) electrons. The molecule has 0 saturated heterocycles. The van der Waals surface area contributed by atoms with E-state index in [1.807, 2.05) is 31.2 Å². The number of benzene rings is 2. The first-order valence-electron chi connectivity index (χ1n) is 6.62. The van der Waals surface area contributed by atoms with Crippen LogP contribution in [0, 0.1) is 0 Å². The van der Waals surface area contributed by atoms with E-state index >= 15 is 0 Å². The van der Waals surface area contributed by atoms with E-state index < -0.39 is 0 Å². The summed E-state index contributed by atoms with van der Waals surface area (Å²) < 4.78 is 5.78. The van der Waals surface area contributed by atoms with Gasteiger partial charge >= 0.3 is 0 Å². The van der Waals surface area contributed by atoms with Gasteiger partial charge in [-0.25, -0.2) is 0 Å². The molecule has 0 spiro atoms. The Morgan fingerprint density at radius 1 is 1.05 bits per heavy atom. The molecule has 21 heavy (non-hydrogen) atoms. The van der Waals surface area contributed by atoms with Crippen LogP contribution in [0.25, 0.3) is 0 Å². The number of rotatable bonds is 6. The average molecular weight is 345 g/mol. The molecular weight excluding hydrogens is 329 g/mol. The first-order valence-corrected chi connectivity index (χ1v) is 7.75. The van der Waals surface area contributed by atoms with Crippen molar-refractivity contribution < 1.29 is 4.74 Å². The highest BCUT2D eigenvalue weighted by Crippen LogP contribution is 2.28. The summed E-state index contributed by atoms with van der Waals surface area (Å²) >= 11 is 18.0. The van der Waals surface area contributed by atoms with Gasteiger partial charge in [0.25, 0.3) is 0 Å². The lowest BCUT2D eigenvalue weighted by Gasteiger charge is -2.16. The molecule has 112 valence electrons. The van der Waals surface area contributed by atoms with Crippen LogP contribution in [0.15, 0.2) is 42.5 Å². The van der Waals surface area contributed by atoms with E-state index in [2.05, 4.69) is 5.32 Å². The van der Waals surface area contributed by atoms with Gasteiger partial charge in [0.05, 0.1) is 5.02 Å². The van der Waals surface area contributed by atoms with E-state index in [-0.39, 0.29) is 6.10 Å². The first kappa shape index (κ1) is 16.4. The summed E-state index contributed by atoms with van der Waals surface area (Å²) in [5.41, 5.74) is 1.07. The second-order valence-electron chi connectivity index (χ2n) is 4.73. The highest BCUT2D eigenvalue weighted by atomic mass is 35.5. The summed E-state index contributed by atoms with van der Waals surface area (Å²) in [7, 11) is 0. The Morgan fingerprint density at radius 2 is 1.81 bits per heavy atom. The lowest BCUT2D eigenvalue weighted by Crippen LogP contribution is -2.28. The predicted molar refractivity (Wildman–Crippen MR) is 89.7 cm³/mol. The zero-order valence-corrected chi connectivity index (χ0v) is 13.8. The van der Waals surface area contributed by atoms with Gasteiger partial charge in [0, 0.05) is 23.1 Å². The van der Waals surface area contributed by atoms with Crippen molar-refractivity contribution in [2.75, 3.05) is 6.54 Å². The molecular formula is C16H16Cl3NO. The van der Waals surface area contributed by atoms with Crippen LogP contribution in [-0.4, -0.2) is 12.6 Å². The van der Waals surface area contributed by atoms with Gasteiger partial charge in [0.1, 0.15) is 11.9 Å². The predicted octanol–water partition coefficient (Wildman–Crippen LogP) is 5.20. The Hall–Kier alpha value is -0.930. The minimum absolute atomic E-state index is 0.0221. The Labute approximate surface area is 140 Å². The smallest absolute Gasteiger partial charge is 0.138 e. The van der Waals surface area contributed by atoms with Gasteiger partial charge in [-0.05, 0) is 36.8 Å². The summed E-state index contributed by atoms with van der Waals surface area (Å²) in [6.07, 6.45) is -0.0221. The molecule has 1 N–H and O–H groups in total. The summed E-state index contributed by atoms with van der Waals surface area (Å²) in [6.45, 7) is 3.36. The summed E-state index contributed by atoms with van der Waals surface area (Å²) in [6, 6.07) is 13.0. The van der Waals surface area contributed by atoms with Gasteiger partial charge in [0.2, 0.25) is 0 Å². The minimum Gasteiger partial charge on any atom is -0.488 e. The lowest BCUT2D eigenvalue weighted by atomic mass is 10.2. The van der Waals surface area contributed by atoms with E-state index in [1.165, 1.54) is 0 Å². The van der Waals surface area contributed by atoms with Crippen molar-refractivity contribution in [2.45, 2.75) is 19.6 Å². The number of nitrogens with one attached hydrogen (secondary N) is 1. The molecule has 1 atom stereocenters. The maximum Gasteiger partial charge on any atom is 0.138 e. The number of hydrogen-bond donors (Lipinski definition) is 1. The molecule has 0 saturated carbocycles. The van der Waals surface area contributed by atoms with Crippen molar-refractivity contribution in [1.29, 1.82) is 0 Å². The fraction of sp³-hybridized carbons (Fsp3) is 0.250. The fourth-order valence-electron chi connectivity index (χ4n) is 1.88. The highest BCUT2D eigenvalue weighted by molar-refractivity contribution is 6.35. The van der Waals surface area contributed by atoms with Crippen LogP contribution in [-0.2, 0) is 6.54 Å². The van der Waals surface area contributed by atoms with Crippen LogP contribution >= 0.6 is 34.8 Å². The SMILES string of the molecule is C[C@H](CNCc1ccccc1Cl)Oc1ccc(Cl)cc1Cl. The number of halogens is 3. The van der Waals surface area contributed by atoms with E-state index in [1.54, 1.807) is 18.2 Å². The third-order valence-corrected chi connectivity index (χ3v) is 3.83. The van der Waals surface area contributed by atoms with E-state index in [0.29, 0.717) is 28.9 Å². The Balaban J connectivity index is 1.82. The van der Waals surface area contributed by atoms with Crippen molar-refractivity contribution in [3.05, 3.63) is 63.1 Å². The quantitative estimate of drug-likeness (QED) is 0.777. The molecule has 0 aromatic heterocycles. The molecule has 0 aliphatic carbocycles. The van der Waals surface area contributed by atoms with Gasteiger partial charge in [-0.2, -0.15) is 0 Å². The van der Waals surface area contributed by atoms with Gasteiger partial charge in [-0.15, -0.1) is 0 Å². The topological polar surface area (TPSA) is 21.3 Å². The largest absolute Gasteiger partial charge is 0.488 e. The molecule has 0 fully saturated rings. The third kappa shape index (κ3) is 5.08. The van der Waals surface area contributed by atoms with Crippen LogP contribution < -0.4 is 10.1 Å². The van der Waals surface area contributed by atoms with E-state index in [9.17, 15) is 0 Å². The van der Waals surface area contributed by atoms with E-state index in [4.69, 9.17) is 39.5 Å². The number of hydrogen-bond acceptors (Lipinski definition) is 2. The zero-order chi connectivity index (χ0) is 15.2. The number of ether oxygens (including phenoxy) is 1. The van der Waals surface area contributed by atoms with Gasteiger partial charge in [-0.3, -0.25) is 0 Å². The van der Waals surface area contributed by atoms with Gasteiger partial charge < -0.3 is 10.1 Å². The van der Waals surface area contributed by atoms with E-state index in [0.717, 1.165) is 10.6 Å². The minimum atomic E-state index is -0.0221. The Kier molecular flexibility index (Phi) is 6.19. The second kappa shape index (κ2) is 7.90. The van der Waals surface area contributed by atoms with Crippen LogP contribution in [0.2, 0.25) is 15.1 Å². The Morgan fingerprint density at radius 3 is 2.52 bits per heavy atom. The van der Waals surface area contributed by atoms with Gasteiger partial charge in [0.15, 0.2) is 0 Å². The molecule has 0 amide bonds. The van der Waals surface area contributed by atoms with Crippen molar-refractivity contribution in [1.82, 2.24) is 5.32 Å². The first-order chi connectivity index (χ1) is 10.1. The Bertz CT molecular complexity index is 604. The van der Waals surface area contributed by atoms with Crippen LogP contribution in [0.3, 0.4) is 0 Å². The normalized spacial score (nSPS) is 12.2. The molecule has 0 unspecified atom stereocenters. The molecule has 0 bridgehead atoms. The molecule has 5 heteroatoms. The molecule has 2 nitrogen and oxygen atoms in total. The maximum atomic E-state index is 6.10. The summed E-state index contributed by atoms with van der Waals surface area (Å²) in [5, 5.41) is 5.19. The van der Waals surface area contributed by atoms with Crippen molar-refractivity contribution in [3.8, 4) is 5.75 Å². The van der Waals surface area contributed by atoms with Crippen LogP contribution in [0.1, 0.15) is 12.5 Å². The highest BCUT2D eigenvalue weighted by Gasteiger charge is 2.08. The molecule has 2 rings (SSSR count). The zero-order valence-electron chi connectivity index (χ0n) is 11.6. The fourth-order valence-corrected chi connectivity index (χ4v) is 2.54. The second-order valence-corrected chi connectivity index (χ2v) is 5.98. The molecule has 0 aliphatic heterocycles. The molecule has 0 heterocycles. The van der Waals surface area contributed by atoms with Crippen molar-refractivity contribution >= 4 is 34.8 Å². The monoisotopic (exact) mass is 343 g/mol. The maximum absolute atomic E-state index is 6.10. The van der Waals surface area contributed by atoms with Crippen LogP contribution in [0.4, 0.5) is 0 Å².